The predicted octanol–water partition coefficient (Wildman–Crippen LogP) is 2.80. The molecule has 0 aromatic heterocycles. The topological polar surface area (TPSA) is 102 Å². The van der Waals surface area contributed by atoms with E-state index in [-0.39, 0.29) is 29.8 Å². The lowest BCUT2D eigenvalue weighted by Gasteiger charge is -2.22. The van der Waals surface area contributed by atoms with Gasteiger partial charge in [0.05, 0.1) is 10.5 Å². The first-order valence-electron chi connectivity index (χ1n) is 9.54. The van der Waals surface area contributed by atoms with Gasteiger partial charge in [0.25, 0.3) is 11.6 Å². The molecular weight excluding hydrogens is 350 g/mol. The van der Waals surface area contributed by atoms with Crippen molar-refractivity contribution in [1.82, 2.24) is 5.32 Å². The molecule has 3 rings (SSSR count). The number of esters is 1. The quantitative estimate of drug-likeness (QED) is 0.466. The number of carbonyl (C=O) groups excluding carboxylic acids is 2. The predicted molar refractivity (Wildman–Crippen MR) is 99.8 cm³/mol. The Labute approximate surface area is 158 Å². The molecule has 0 unspecified atom stereocenters. The summed E-state index contributed by atoms with van der Waals surface area (Å²) in [6.45, 7) is 1.16. The second-order valence-corrected chi connectivity index (χ2v) is 7.13. The van der Waals surface area contributed by atoms with Crippen molar-refractivity contribution in [2.24, 2.45) is 0 Å². The van der Waals surface area contributed by atoms with E-state index in [0.29, 0.717) is 5.69 Å². The molecule has 0 bridgehead atoms. The third-order valence-electron chi connectivity index (χ3n) is 5.16. The summed E-state index contributed by atoms with van der Waals surface area (Å²) in [6, 6.07) is 4.48. The zero-order valence-corrected chi connectivity index (χ0v) is 15.3. The highest BCUT2D eigenvalue weighted by Crippen LogP contribution is 2.31. The van der Waals surface area contributed by atoms with Crippen molar-refractivity contribution in [1.29, 1.82) is 0 Å². The van der Waals surface area contributed by atoms with Gasteiger partial charge in [-0.2, -0.15) is 0 Å². The van der Waals surface area contributed by atoms with Gasteiger partial charge in [0.1, 0.15) is 5.69 Å². The summed E-state index contributed by atoms with van der Waals surface area (Å²) in [6.07, 6.45) is 7.27. The molecule has 0 spiro atoms. The summed E-state index contributed by atoms with van der Waals surface area (Å²) in [5.41, 5.74) is 0.484. The van der Waals surface area contributed by atoms with Gasteiger partial charge in [-0.05, 0) is 37.8 Å². The van der Waals surface area contributed by atoms with E-state index in [1.165, 1.54) is 18.6 Å². The molecule has 0 radical (unpaired) electrons. The number of ether oxygens (including phenoxy) is 1. The molecule has 1 aromatic carbocycles. The maximum absolute atomic E-state index is 12.2. The molecule has 27 heavy (non-hydrogen) atoms. The fourth-order valence-corrected chi connectivity index (χ4v) is 3.75. The molecule has 0 atom stereocenters. The molecule has 1 aromatic rings. The van der Waals surface area contributed by atoms with Crippen LogP contribution in [0.25, 0.3) is 0 Å². The van der Waals surface area contributed by atoms with Crippen LogP contribution in [-0.2, 0) is 9.53 Å². The van der Waals surface area contributed by atoms with Gasteiger partial charge in [-0.1, -0.05) is 19.3 Å². The largest absolute Gasteiger partial charge is 0.452 e. The van der Waals surface area contributed by atoms with E-state index in [1.54, 1.807) is 6.07 Å². The highest BCUT2D eigenvalue weighted by molar-refractivity contribution is 5.93. The van der Waals surface area contributed by atoms with Crippen LogP contribution in [0.4, 0.5) is 11.4 Å². The van der Waals surface area contributed by atoms with Gasteiger partial charge in [-0.15, -0.1) is 0 Å². The van der Waals surface area contributed by atoms with E-state index >= 15 is 0 Å². The summed E-state index contributed by atoms with van der Waals surface area (Å²) in [5, 5.41) is 14.3. The van der Waals surface area contributed by atoms with Gasteiger partial charge in [-0.3, -0.25) is 14.9 Å². The smallest absolute Gasteiger partial charge is 0.338 e. The monoisotopic (exact) mass is 375 g/mol. The minimum Gasteiger partial charge on any atom is -0.452 e. The molecular formula is C19H25N3O5. The summed E-state index contributed by atoms with van der Waals surface area (Å²) in [7, 11) is 0. The van der Waals surface area contributed by atoms with Crippen LogP contribution in [0.15, 0.2) is 18.2 Å². The lowest BCUT2D eigenvalue weighted by atomic mass is 9.95. The number of anilines is 1. The van der Waals surface area contributed by atoms with Gasteiger partial charge in [0.2, 0.25) is 0 Å². The summed E-state index contributed by atoms with van der Waals surface area (Å²) in [5.74, 6) is -1.07. The van der Waals surface area contributed by atoms with Crippen LogP contribution in [0.1, 0.15) is 55.3 Å². The van der Waals surface area contributed by atoms with Crippen molar-refractivity contribution in [3.63, 3.8) is 0 Å². The van der Waals surface area contributed by atoms with Gasteiger partial charge >= 0.3 is 5.97 Å². The Morgan fingerprint density at radius 3 is 2.52 bits per heavy atom. The minimum atomic E-state index is -0.732. The highest BCUT2D eigenvalue weighted by atomic mass is 16.6. The highest BCUT2D eigenvalue weighted by Gasteiger charge is 2.24. The standard InChI is InChI=1S/C19H25N3O5/c23-18(20-15-6-2-1-3-7-15)13-27-19(24)14-8-9-16(17(12-14)22(25)26)21-10-4-5-11-21/h8-9,12,15H,1-7,10-11,13H2,(H,20,23). The normalized spacial score (nSPS) is 17.6. The number of nitrogens with one attached hydrogen (secondary N) is 1. The summed E-state index contributed by atoms with van der Waals surface area (Å²) < 4.78 is 5.04. The van der Waals surface area contributed by atoms with Crippen molar-refractivity contribution in [2.45, 2.75) is 51.0 Å². The molecule has 8 heteroatoms. The average Bonchev–Trinajstić information content (AvgIpc) is 3.21. The molecule has 1 N–H and O–H groups in total. The van der Waals surface area contributed by atoms with Crippen LogP contribution >= 0.6 is 0 Å². The van der Waals surface area contributed by atoms with Crippen molar-refractivity contribution in [2.75, 3.05) is 24.6 Å². The van der Waals surface area contributed by atoms with E-state index in [2.05, 4.69) is 5.32 Å². The van der Waals surface area contributed by atoms with Gasteiger partial charge in [0, 0.05) is 25.2 Å². The first kappa shape index (κ1) is 19.1. The molecule has 8 nitrogen and oxygen atoms in total. The first-order valence-corrected chi connectivity index (χ1v) is 9.54. The van der Waals surface area contributed by atoms with Crippen LogP contribution in [0.5, 0.6) is 0 Å². The van der Waals surface area contributed by atoms with Crippen molar-refractivity contribution in [3.05, 3.63) is 33.9 Å². The Balaban J connectivity index is 1.59. The Kier molecular flexibility index (Phi) is 6.26. The van der Waals surface area contributed by atoms with Crippen LogP contribution in [-0.4, -0.2) is 42.5 Å². The van der Waals surface area contributed by atoms with Crippen molar-refractivity contribution < 1.29 is 19.2 Å². The molecule has 1 saturated heterocycles. The zero-order chi connectivity index (χ0) is 19.2. The fourth-order valence-electron chi connectivity index (χ4n) is 3.75. The summed E-state index contributed by atoms with van der Waals surface area (Å²) >= 11 is 0. The van der Waals surface area contributed by atoms with Gasteiger partial charge in [-0.25, -0.2) is 4.79 Å². The Morgan fingerprint density at radius 1 is 1.15 bits per heavy atom. The molecule has 1 heterocycles. The number of nitro benzene ring substituents is 1. The lowest BCUT2D eigenvalue weighted by Crippen LogP contribution is -2.38. The number of nitro groups is 1. The Morgan fingerprint density at radius 2 is 1.85 bits per heavy atom. The van der Waals surface area contributed by atoms with E-state index in [9.17, 15) is 19.7 Å². The van der Waals surface area contributed by atoms with Crippen molar-refractivity contribution in [3.8, 4) is 0 Å². The minimum absolute atomic E-state index is 0.0788. The third-order valence-corrected chi connectivity index (χ3v) is 5.16. The number of carbonyl (C=O) groups is 2. The molecule has 1 aliphatic carbocycles. The fraction of sp³-hybridized carbons (Fsp3) is 0.579. The average molecular weight is 375 g/mol. The number of hydrogen-bond acceptors (Lipinski definition) is 6. The second kappa shape index (κ2) is 8.83. The Bertz CT molecular complexity index is 709. The van der Waals surface area contributed by atoms with E-state index in [4.69, 9.17) is 4.74 Å². The van der Waals surface area contributed by atoms with Gasteiger partial charge in [0.15, 0.2) is 6.61 Å². The molecule has 2 fully saturated rings. The molecule has 2 aliphatic rings. The number of nitrogens with zero attached hydrogens (tertiary/aromatic N) is 2. The number of benzene rings is 1. The number of amides is 1. The van der Waals surface area contributed by atoms with E-state index < -0.39 is 10.9 Å². The van der Waals surface area contributed by atoms with Crippen LogP contribution < -0.4 is 10.2 Å². The maximum atomic E-state index is 12.2. The maximum Gasteiger partial charge on any atom is 0.338 e. The Hall–Kier alpha value is -2.64. The first-order chi connectivity index (χ1) is 13.0. The second-order valence-electron chi connectivity index (χ2n) is 7.13. The van der Waals surface area contributed by atoms with Gasteiger partial charge < -0.3 is 15.0 Å². The molecule has 1 saturated carbocycles. The zero-order valence-electron chi connectivity index (χ0n) is 15.3. The van der Waals surface area contributed by atoms with Crippen LogP contribution in [0.2, 0.25) is 0 Å². The molecule has 1 aliphatic heterocycles. The molecule has 146 valence electrons. The summed E-state index contributed by atoms with van der Waals surface area (Å²) in [4.78, 5) is 37.0. The van der Waals surface area contributed by atoms with Crippen LogP contribution in [0, 0.1) is 10.1 Å². The molecule has 1 amide bonds. The third kappa shape index (κ3) is 4.96. The lowest BCUT2D eigenvalue weighted by molar-refractivity contribution is -0.384. The van der Waals surface area contributed by atoms with E-state index in [0.717, 1.165) is 51.6 Å². The van der Waals surface area contributed by atoms with E-state index in [1.807, 2.05) is 4.90 Å². The SMILES string of the molecule is O=C(COC(=O)c1ccc(N2CCCC2)c([N+](=O)[O-])c1)NC1CCCCC1. The van der Waals surface area contributed by atoms with Crippen molar-refractivity contribution >= 4 is 23.3 Å². The number of rotatable bonds is 6. The number of hydrogen-bond donors (Lipinski definition) is 1. The van der Waals surface area contributed by atoms with Crippen LogP contribution in [0.3, 0.4) is 0 Å².